The Morgan fingerprint density at radius 3 is 2.50 bits per heavy atom. The number of amides is 2. The van der Waals surface area contributed by atoms with Gasteiger partial charge in [-0.05, 0) is 26.0 Å². The first-order valence-electron chi connectivity index (χ1n) is 7.17. The number of morpholine rings is 1. The van der Waals surface area contributed by atoms with Gasteiger partial charge in [-0.15, -0.1) is 0 Å². The summed E-state index contributed by atoms with van der Waals surface area (Å²) >= 11 is 5.93. The van der Waals surface area contributed by atoms with Crippen molar-refractivity contribution in [1.29, 1.82) is 0 Å². The zero-order valence-electron chi connectivity index (χ0n) is 12.6. The molecule has 1 aliphatic heterocycles. The molecule has 2 rings (SSSR count). The predicted octanol–water partition coefficient (Wildman–Crippen LogP) is 1.21. The van der Waals surface area contributed by atoms with Crippen LogP contribution in [0.4, 0.5) is 0 Å². The lowest BCUT2D eigenvalue weighted by atomic mass is 10.2. The monoisotopic (exact) mass is 325 g/mol. The molecule has 1 aromatic rings. The number of rotatable bonds is 3. The highest BCUT2D eigenvalue weighted by molar-refractivity contribution is 6.33. The van der Waals surface area contributed by atoms with Gasteiger partial charge in [0.1, 0.15) is 0 Å². The van der Waals surface area contributed by atoms with Crippen LogP contribution in [0.1, 0.15) is 24.2 Å². The minimum Gasteiger partial charge on any atom is -0.373 e. The zero-order chi connectivity index (χ0) is 16.1. The van der Waals surface area contributed by atoms with Crippen molar-refractivity contribution in [1.82, 2.24) is 15.8 Å². The van der Waals surface area contributed by atoms with Crippen molar-refractivity contribution in [3.05, 3.63) is 34.9 Å². The Morgan fingerprint density at radius 2 is 1.86 bits per heavy atom. The van der Waals surface area contributed by atoms with Gasteiger partial charge in [-0.3, -0.25) is 25.3 Å². The lowest BCUT2D eigenvalue weighted by Gasteiger charge is -2.34. The van der Waals surface area contributed by atoms with E-state index in [0.717, 1.165) is 0 Å². The number of nitrogens with one attached hydrogen (secondary N) is 2. The summed E-state index contributed by atoms with van der Waals surface area (Å²) in [5.41, 5.74) is 5.09. The maximum atomic E-state index is 11.9. The molecule has 7 heteroatoms. The van der Waals surface area contributed by atoms with Crippen molar-refractivity contribution in [3.8, 4) is 0 Å². The summed E-state index contributed by atoms with van der Waals surface area (Å²) < 4.78 is 5.61. The molecule has 2 atom stereocenters. The van der Waals surface area contributed by atoms with E-state index in [1.807, 2.05) is 18.7 Å². The SMILES string of the molecule is CC1CN(CC(=O)NNC(=O)c2ccccc2Cl)CC(C)O1. The molecule has 1 aromatic carbocycles. The zero-order valence-corrected chi connectivity index (χ0v) is 13.4. The summed E-state index contributed by atoms with van der Waals surface area (Å²) in [5.74, 6) is -0.718. The topological polar surface area (TPSA) is 70.7 Å². The molecule has 0 aliphatic carbocycles. The van der Waals surface area contributed by atoms with Crippen LogP contribution in [0, 0.1) is 0 Å². The first-order valence-corrected chi connectivity index (χ1v) is 7.55. The Balaban J connectivity index is 1.80. The number of hydrazine groups is 1. The first kappa shape index (κ1) is 16.7. The number of halogens is 1. The van der Waals surface area contributed by atoms with Gasteiger partial charge in [-0.25, -0.2) is 0 Å². The molecule has 22 heavy (non-hydrogen) atoms. The molecule has 1 aliphatic rings. The van der Waals surface area contributed by atoms with E-state index in [2.05, 4.69) is 10.9 Å². The second-order valence-corrected chi connectivity index (χ2v) is 5.84. The van der Waals surface area contributed by atoms with Gasteiger partial charge in [0.05, 0.1) is 29.3 Å². The van der Waals surface area contributed by atoms with Crippen LogP contribution in [0.5, 0.6) is 0 Å². The van der Waals surface area contributed by atoms with Crippen molar-refractivity contribution in [2.45, 2.75) is 26.1 Å². The lowest BCUT2D eigenvalue weighted by Crippen LogP contribution is -2.51. The van der Waals surface area contributed by atoms with Crippen LogP contribution < -0.4 is 10.9 Å². The quantitative estimate of drug-likeness (QED) is 0.820. The maximum Gasteiger partial charge on any atom is 0.271 e. The van der Waals surface area contributed by atoms with Gasteiger partial charge in [0, 0.05) is 13.1 Å². The average Bonchev–Trinajstić information content (AvgIpc) is 2.44. The molecular weight excluding hydrogens is 306 g/mol. The molecule has 1 fully saturated rings. The summed E-state index contributed by atoms with van der Waals surface area (Å²) in [6, 6.07) is 6.65. The molecule has 0 aromatic heterocycles. The van der Waals surface area contributed by atoms with E-state index >= 15 is 0 Å². The predicted molar refractivity (Wildman–Crippen MR) is 83.5 cm³/mol. The molecule has 1 heterocycles. The Kier molecular flexibility index (Phi) is 5.76. The fraction of sp³-hybridized carbons (Fsp3) is 0.467. The van der Waals surface area contributed by atoms with Crippen molar-refractivity contribution in [3.63, 3.8) is 0 Å². The van der Waals surface area contributed by atoms with E-state index in [-0.39, 0.29) is 24.7 Å². The van der Waals surface area contributed by atoms with Gasteiger partial charge in [0.15, 0.2) is 0 Å². The van der Waals surface area contributed by atoms with E-state index in [1.165, 1.54) is 0 Å². The molecule has 2 amide bonds. The first-order chi connectivity index (χ1) is 10.5. The van der Waals surface area contributed by atoms with Crippen molar-refractivity contribution in [2.24, 2.45) is 0 Å². The van der Waals surface area contributed by atoms with Gasteiger partial charge in [0.2, 0.25) is 0 Å². The second kappa shape index (κ2) is 7.58. The van der Waals surface area contributed by atoms with Crippen molar-refractivity contribution < 1.29 is 14.3 Å². The molecule has 1 saturated heterocycles. The highest BCUT2D eigenvalue weighted by Crippen LogP contribution is 2.14. The van der Waals surface area contributed by atoms with Crippen LogP contribution in [0.3, 0.4) is 0 Å². The van der Waals surface area contributed by atoms with E-state index < -0.39 is 5.91 Å². The molecule has 6 nitrogen and oxygen atoms in total. The van der Waals surface area contributed by atoms with Crippen LogP contribution >= 0.6 is 11.6 Å². The van der Waals surface area contributed by atoms with Crippen LogP contribution in [-0.4, -0.2) is 48.6 Å². The second-order valence-electron chi connectivity index (χ2n) is 5.43. The minimum absolute atomic E-state index is 0.0919. The largest absolute Gasteiger partial charge is 0.373 e. The highest BCUT2D eigenvalue weighted by Gasteiger charge is 2.23. The van der Waals surface area contributed by atoms with Gasteiger partial charge in [-0.2, -0.15) is 0 Å². The summed E-state index contributed by atoms with van der Waals surface area (Å²) in [6.07, 6.45) is 0.184. The minimum atomic E-state index is -0.442. The van der Waals surface area contributed by atoms with Crippen molar-refractivity contribution >= 4 is 23.4 Å². The van der Waals surface area contributed by atoms with Crippen LogP contribution in [0.15, 0.2) is 24.3 Å². The smallest absolute Gasteiger partial charge is 0.271 e. The normalized spacial score (nSPS) is 22.1. The Bertz CT molecular complexity index is 543. The molecule has 0 bridgehead atoms. The molecule has 120 valence electrons. The molecule has 0 saturated carbocycles. The lowest BCUT2D eigenvalue weighted by molar-refractivity contribution is -0.126. The highest BCUT2D eigenvalue weighted by atomic mass is 35.5. The number of ether oxygens (including phenoxy) is 1. The van der Waals surface area contributed by atoms with E-state index in [0.29, 0.717) is 23.7 Å². The van der Waals surface area contributed by atoms with E-state index in [4.69, 9.17) is 16.3 Å². The van der Waals surface area contributed by atoms with Gasteiger partial charge < -0.3 is 4.74 Å². The summed E-state index contributed by atoms with van der Waals surface area (Å²) in [6.45, 7) is 5.53. The number of hydrogen-bond donors (Lipinski definition) is 2. The number of benzene rings is 1. The van der Waals surface area contributed by atoms with Crippen molar-refractivity contribution in [2.75, 3.05) is 19.6 Å². The summed E-state index contributed by atoms with van der Waals surface area (Å²) in [4.78, 5) is 25.8. The molecule has 2 unspecified atom stereocenters. The molecule has 0 radical (unpaired) electrons. The van der Waals surface area contributed by atoms with Crippen LogP contribution in [-0.2, 0) is 9.53 Å². The van der Waals surface area contributed by atoms with Crippen LogP contribution in [0.25, 0.3) is 0 Å². The fourth-order valence-electron chi connectivity index (χ4n) is 2.50. The van der Waals surface area contributed by atoms with Crippen LogP contribution in [0.2, 0.25) is 5.02 Å². The third-order valence-corrected chi connectivity index (χ3v) is 3.63. The van der Waals surface area contributed by atoms with Gasteiger partial charge in [0.25, 0.3) is 11.8 Å². The summed E-state index contributed by atoms with van der Waals surface area (Å²) in [7, 11) is 0. The standard InChI is InChI=1S/C15H20ClN3O3/c1-10-7-19(8-11(2)22-10)9-14(20)17-18-15(21)12-5-3-4-6-13(12)16/h3-6,10-11H,7-9H2,1-2H3,(H,17,20)(H,18,21). The number of carbonyl (C=O) groups is 2. The Labute approximate surface area is 134 Å². The van der Waals surface area contributed by atoms with Gasteiger partial charge in [-0.1, -0.05) is 23.7 Å². The Morgan fingerprint density at radius 1 is 1.23 bits per heavy atom. The third-order valence-electron chi connectivity index (χ3n) is 3.30. The fourth-order valence-corrected chi connectivity index (χ4v) is 2.72. The Hall–Kier alpha value is -1.63. The molecule has 0 spiro atoms. The number of nitrogens with zero attached hydrogens (tertiary/aromatic N) is 1. The summed E-state index contributed by atoms with van der Waals surface area (Å²) in [5, 5.41) is 0.338. The number of carbonyl (C=O) groups excluding carboxylic acids is 2. The third kappa shape index (κ3) is 4.69. The molecule has 2 N–H and O–H groups in total. The molecular formula is C15H20ClN3O3. The maximum absolute atomic E-state index is 11.9. The average molecular weight is 326 g/mol. The van der Waals surface area contributed by atoms with Gasteiger partial charge >= 0.3 is 0 Å². The van der Waals surface area contributed by atoms with E-state index in [9.17, 15) is 9.59 Å². The number of hydrogen-bond acceptors (Lipinski definition) is 4. The van der Waals surface area contributed by atoms with E-state index in [1.54, 1.807) is 24.3 Å².